The Hall–Kier alpha value is -1.26. The van der Waals surface area contributed by atoms with Crippen LogP contribution < -0.4 is 10.6 Å². The van der Waals surface area contributed by atoms with E-state index >= 15 is 0 Å². The van der Waals surface area contributed by atoms with E-state index in [1.54, 1.807) is 4.90 Å². The number of carbonyl (C=O) groups excluding carboxylic acids is 2. The Kier molecular flexibility index (Phi) is 7.30. The largest absolute Gasteiger partial charge is 0.356 e. The number of amides is 3. The highest BCUT2D eigenvalue weighted by molar-refractivity contribution is 5.81. The van der Waals surface area contributed by atoms with Crippen LogP contribution in [0.5, 0.6) is 0 Å². The molecule has 0 aromatic rings. The van der Waals surface area contributed by atoms with Crippen molar-refractivity contribution < 1.29 is 9.59 Å². The summed E-state index contributed by atoms with van der Waals surface area (Å²) in [6.07, 6.45) is 5.40. The van der Waals surface area contributed by atoms with Crippen molar-refractivity contribution in [1.82, 2.24) is 15.5 Å². The van der Waals surface area contributed by atoms with E-state index < -0.39 is 0 Å². The summed E-state index contributed by atoms with van der Waals surface area (Å²) < 4.78 is 0. The Labute approximate surface area is 116 Å². The van der Waals surface area contributed by atoms with Crippen LogP contribution in [0.15, 0.2) is 0 Å². The van der Waals surface area contributed by atoms with Gasteiger partial charge >= 0.3 is 6.03 Å². The molecule has 3 amide bonds. The molecular weight excluding hydrogens is 242 g/mol. The second-order valence-corrected chi connectivity index (χ2v) is 5.12. The molecule has 19 heavy (non-hydrogen) atoms. The van der Waals surface area contributed by atoms with E-state index in [1.165, 1.54) is 12.8 Å². The first-order valence-electron chi connectivity index (χ1n) is 7.49. The first-order valence-corrected chi connectivity index (χ1v) is 7.49. The quantitative estimate of drug-likeness (QED) is 0.691. The standard InChI is InChI=1S/C14H27N3O2/c1-3-5-6-7-9-16-14(19)17-10-8-12(11-17)13(18)15-4-2/h12H,3-11H2,1-2H3,(H,15,18)(H,16,19). The highest BCUT2D eigenvalue weighted by atomic mass is 16.2. The Morgan fingerprint density at radius 2 is 1.95 bits per heavy atom. The van der Waals surface area contributed by atoms with Crippen LogP contribution in [0, 0.1) is 5.92 Å². The lowest BCUT2D eigenvalue weighted by atomic mass is 10.1. The molecule has 1 atom stereocenters. The maximum atomic E-state index is 11.9. The van der Waals surface area contributed by atoms with Crippen molar-refractivity contribution in [1.29, 1.82) is 0 Å². The summed E-state index contributed by atoms with van der Waals surface area (Å²) >= 11 is 0. The first kappa shape index (κ1) is 15.8. The third-order valence-corrected chi connectivity index (χ3v) is 3.50. The topological polar surface area (TPSA) is 61.4 Å². The normalized spacial score (nSPS) is 18.4. The molecule has 1 rings (SSSR count). The number of hydrogen-bond donors (Lipinski definition) is 2. The molecule has 0 aromatic carbocycles. The lowest BCUT2D eigenvalue weighted by Crippen LogP contribution is -2.40. The smallest absolute Gasteiger partial charge is 0.317 e. The summed E-state index contributed by atoms with van der Waals surface area (Å²) in [6.45, 7) is 6.70. The lowest BCUT2D eigenvalue weighted by molar-refractivity contribution is -0.124. The van der Waals surface area contributed by atoms with Gasteiger partial charge in [-0.2, -0.15) is 0 Å². The minimum atomic E-state index is -0.0363. The fraction of sp³-hybridized carbons (Fsp3) is 0.857. The molecule has 0 aromatic heterocycles. The van der Waals surface area contributed by atoms with Crippen LogP contribution in [0.1, 0.15) is 46.0 Å². The van der Waals surface area contributed by atoms with Crippen LogP contribution in [0.25, 0.3) is 0 Å². The molecular formula is C14H27N3O2. The van der Waals surface area contributed by atoms with E-state index in [1.807, 2.05) is 6.92 Å². The van der Waals surface area contributed by atoms with Crippen molar-refractivity contribution in [2.24, 2.45) is 5.92 Å². The Bertz CT molecular complexity index is 294. The fourth-order valence-corrected chi connectivity index (χ4v) is 2.34. The zero-order valence-corrected chi connectivity index (χ0v) is 12.2. The van der Waals surface area contributed by atoms with E-state index in [-0.39, 0.29) is 17.9 Å². The number of urea groups is 1. The number of carbonyl (C=O) groups is 2. The van der Waals surface area contributed by atoms with Crippen molar-refractivity contribution in [2.75, 3.05) is 26.2 Å². The van der Waals surface area contributed by atoms with Gasteiger partial charge < -0.3 is 15.5 Å². The molecule has 0 saturated carbocycles. The minimum Gasteiger partial charge on any atom is -0.356 e. The predicted octanol–water partition coefficient (Wildman–Crippen LogP) is 1.73. The average Bonchev–Trinajstić information content (AvgIpc) is 2.88. The van der Waals surface area contributed by atoms with Gasteiger partial charge in [-0.3, -0.25) is 4.79 Å². The van der Waals surface area contributed by atoms with Gasteiger partial charge in [0.1, 0.15) is 0 Å². The van der Waals surface area contributed by atoms with Crippen molar-refractivity contribution in [3.63, 3.8) is 0 Å². The molecule has 1 heterocycles. The molecule has 0 spiro atoms. The van der Waals surface area contributed by atoms with Crippen LogP contribution >= 0.6 is 0 Å². The number of nitrogens with zero attached hydrogens (tertiary/aromatic N) is 1. The zero-order valence-electron chi connectivity index (χ0n) is 12.2. The molecule has 2 N–H and O–H groups in total. The third-order valence-electron chi connectivity index (χ3n) is 3.50. The molecule has 0 aliphatic carbocycles. The number of nitrogens with one attached hydrogen (secondary N) is 2. The summed E-state index contributed by atoms with van der Waals surface area (Å²) in [5.74, 6) is 0.0338. The average molecular weight is 269 g/mol. The number of hydrogen-bond acceptors (Lipinski definition) is 2. The van der Waals surface area contributed by atoms with Gasteiger partial charge in [0, 0.05) is 26.2 Å². The van der Waals surface area contributed by atoms with Crippen molar-refractivity contribution in [3.05, 3.63) is 0 Å². The van der Waals surface area contributed by atoms with E-state index in [2.05, 4.69) is 17.6 Å². The van der Waals surface area contributed by atoms with Gasteiger partial charge in [0.2, 0.25) is 5.91 Å². The molecule has 1 aliphatic heterocycles. The van der Waals surface area contributed by atoms with Gasteiger partial charge in [0.15, 0.2) is 0 Å². The van der Waals surface area contributed by atoms with Crippen LogP contribution in [0.2, 0.25) is 0 Å². The van der Waals surface area contributed by atoms with Gasteiger partial charge in [-0.25, -0.2) is 4.79 Å². The molecule has 110 valence electrons. The summed E-state index contributed by atoms with van der Waals surface area (Å²) in [5, 5.41) is 5.75. The summed E-state index contributed by atoms with van der Waals surface area (Å²) in [7, 11) is 0. The summed E-state index contributed by atoms with van der Waals surface area (Å²) in [6, 6.07) is -0.0247. The third kappa shape index (κ3) is 5.49. The number of likely N-dealkylation sites (tertiary alicyclic amines) is 1. The highest BCUT2D eigenvalue weighted by Crippen LogP contribution is 2.16. The minimum absolute atomic E-state index is 0.0247. The number of rotatable bonds is 7. The predicted molar refractivity (Wildman–Crippen MR) is 75.9 cm³/mol. The Morgan fingerprint density at radius 1 is 1.16 bits per heavy atom. The van der Waals surface area contributed by atoms with Gasteiger partial charge in [-0.15, -0.1) is 0 Å². The maximum Gasteiger partial charge on any atom is 0.317 e. The molecule has 0 radical (unpaired) electrons. The first-order chi connectivity index (χ1) is 9.19. The van der Waals surface area contributed by atoms with E-state index in [0.29, 0.717) is 19.6 Å². The van der Waals surface area contributed by atoms with Gasteiger partial charge in [0.05, 0.1) is 5.92 Å². The number of unbranched alkanes of at least 4 members (excludes halogenated alkanes) is 3. The van der Waals surface area contributed by atoms with Gasteiger partial charge in [0.25, 0.3) is 0 Å². The molecule has 1 fully saturated rings. The van der Waals surface area contributed by atoms with Crippen LogP contribution in [-0.4, -0.2) is 43.0 Å². The second kappa shape index (κ2) is 8.77. The van der Waals surface area contributed by atoms with Crippen LogP contribution in [0.3, 0.4) is 0 Å². The Morgan fingerprint density at radius 3 is 2.63 bits per heavy atom. The molecule has 1 aliphatic rings. The van der Waals surface area contributed by atoms with E-state index in [4.69, 9.17) is 0 Å². The molecule has 0 bridgehead atoms. The fourth-order valence-electron chi connectivity index (χ4n) is 2.34. The molecule has 1 unspecified atom stereocenters. The SMILES string of the molecule is CCCCCCNC(=O)N1CCC(C(=O)NCC)C1. The van der Waals surface area contributed by atoms with Crippen molar-refractivity contribution in [2.45, 2.75) is 46.0 Å². The van der Waals surface area contributed by atoms with Crippen molar-refractivity contribution in [3.8, 4) is 0 Å². The van der Waals surface area contributed by atoms with Crippen LogP contribution in [0.4, 0.5) is 4.79 Å². The van der Waals surface area contributed by atoms with Crippen LogP contribution in [-0.2, 0) is 4.79 Å². The lowest BCUT2D eigenvalue weighted by Gasteiger charge is -2.17. The Balaban J connectivity index is 2.18. The van der Waals surface area contributed by atoms with Gasteiger partial charge in [-0.1, -0.05) is 26.2 Å². The van der Waals surface area contributed by atoms with Gasteiger partial charge in [-0.05, 0) is 19.8 Å². The monoisotopic (exact) mass is 269 g/mol. The second-order valence-electron chi connectivity index (χ2n) is 5.12. The van der Waals surface area contributed by atoms with E-state index in [9.17, 15) is 9.59 Å². The molecule has 5 nitrogen and oxygen atoms in total. The zero-order chi connectivity index (χ0) is 14.1. The maximum absolute atomic E-state index is 11.9. The molecule has 5 heteroatoms. The van der Waals surface area contributed by atoms with Crippen molar-refractivity contribution >= 4 is 11.9 Å². The highest BCUT2D eigenvalue weighted by Gasteiger charge is 2.30. The summed E-state index contributed by atoms with van der Waals surface area (Å²) in [5.41, 5.74) is 0. The van der Waals surface area contributed by atoms with E-state index in [0.717, 1.165) is 25.8 Å². The summed E-state index contributed by atoms with van der Waals surface area (Å²) in [4.78, 5) is 25.3. The molecule has 1 saturated heterocycles.